The molecule has 0 spiro atoms. The second-order valence-electron chi connectivity index (χ2n) is 8.19. The summed E-state index contributed by atoms with van der Waals surface area (Å²) in [5.74, 6) is -0.728. The van der Waals surface area contributed by atoms with E-state index in [-0.39, 0.29) is 18.2 Å². The van der Waals surface area contributed by atoms with Crippen LogP contribution in [0.4, 0.5) is 0 Å². The smallest absolute Gasteiger partial charge is 0.331 e. The van der Waals surface area contributed by atoms with E-state index < -0.39 is 11.5 Å². The number of likely N-dealkylation sites (tertiary alicyclic amines) is 1. The molecule has 0 saturated carbocycles. The molecule has 0 amide bonds. The van der Waals surface area contributed by atoms with Gasteiger partial charge in [0.05, 0.1) is 20.0 Å². The zero-order chi connectivity index (χ0) is 22.3. The largest absolute Gasteiger partial charge is 0.506 e. The van der Waals surface area contributed by atoms with E-state index >= 15 is 0 Å². The number of hydrogen-bond acceptors (Lipinski definition) is 5. The van der Waals surface area contributed by atoms with Crippen LogP contribution in [0.1, 0.15) is 30.3 Å². The molecule has 2 heterocycles. The lowest BCUT2D eigenvalue weighted by Gasteiger charge is -2.34. The van der Waals surface area contributed by atoms with E-state index in [0.717, 1.165) is 37.0 Å². The normalized spacial score (nSPS) is 17.7. The number of halogens is 2. The van der Waals surface area contributed by atoms with Crippen LogP contribution in [0, 0.1) is 0 Å². The van der Waals surface area contributed by atoms with Crippen molar-refractivity contribution in [2.45, 2.75) is 30.8 Å². The first-order chi connectivity index (χ1) is 14.7. The van der Waals surface area contributed by atoms with Gasteiger partial charge in [0.15, 0.2) is 5.54 Å². The number of hydrogen-bond donors (Lipinski definition) is 3. The zero-order valence-electron chi connectivity index (χ0n) is 17.1. The molecule has 1 aromatic heterocycles. The SMILES string of the molecule is CN1CCC(n2c([C@](N)(Cc3cc(Br)c(O)c(Br)c3)C(=O)O)nc3ccccc32)CC1. The first kappa shape index (κ1) is 22.3. The Bertz CT molecular complexity index is 1120. The number of phenolic OH excluding ortho intramolecular Hbond substituents is 1. The van der Waals surface area contributed by atoms with E-state index in [0.29, 0.717) is 20.3 Å². The molecule has 4 rings (SSSR count). The molecule has 1 aliphatic heterocycles. The number of para-hydroxylation sites is 2. The summed E-state index contributed by atoms with van der Waals surface area (Å²) >= 11 is 6.63. The van der Waals surface area contributed by atoms with Crippen LogP contribution in [0.3, 0.4) is 0 Å². The average molecular weight is 552 g/mol. The lowest BCUT2D eigenvalue weighted by molar-refractivity contribution is -0.144. The minimum Gasteiger partial charge on any atom is -0.506 e. The van der Waals surface area contributed by atoms with Crippen LogP contribution in [-0.4, -0.2) is 50.8 Å². The molecule has 1 atom stereocenters. The van der Waals surface area contributed by atoms with Gasteiger partial charge in [0.25, 0.3) is 0 Å². The number of piperidine rings is 1. The number of carboxylic acid groups (broad SMARTS) is 1. The Kier molecular flexibility index (Phi) is 6.13. The molecular formula is C22H24Br2N4O3. The van der Waals surface area contributed by atoms with Gasteiger partial charge >= 0.3 is 5.97 Å². The van der Waals surface area contributed by atoms with E-state index in [2.05, 4.69) is 43.8 Å². The number of aromatic nitrogens is 2. The summed E-state index contributed by atoms with van der Waals surface area (Å²) in [6, 6.07) is 11.2. The monoisotopic (exact) mass is 550 g/mol. The fourth-order valence-electron chi connectivity index (χ4n) is 4.27. The van der Waals surface area contributed by atoms with Gasteiger partial charge in [-0.15, -0.1) is 0 Å². The fourth-order valence-corrected chi connectivity index (χ4v) is 5.56. The maximum atomic E-state index is 12.6. The van der Waals surface area contributed by atoms with E-state index in [1.54, 1.807) is 12.1 Å². The molecule has 3 aromatic rings. The van der Waals surface area contributed by atoms with Crippen molar-refractivity contribution in [3.63, 3.8) is 0 Å². The third-order valence-corrected chi connectivity index (χ3v) is 7.20. The van der Waals surface area contributed by atoms with Crippen LogP contribution in [0.5, 0.6) is 5.75 Å². The maximum absolute atomic E-state index is 12.6. The highest BCUT2D eigenvalue weighted by molar-refractivity contribution is 9.11. The van der Waals surface area contributed by atoms with Gasteiger partial charge in [-0.2, -0.15) is 0 Å². The number of nitrogens with two attached hydrogens (primary N) is 1. The summed E-state index contributed by atoms with van der Waals surface area (Å²) < 4.78 is 2.97. The summed E-state index contributed by atoms with van der Waals surface area (Å²) in [4.78, 5) is 19.6. The summed E-state index contributed by atoms with van der Waals surface area (Å²) in [6.07, 6.45) is 1.82. The van der Waals surface area contributed by atoms with Crippen LogP contribution >= 0.6 is 31.9 Å². The fraction of sp³-hybridized carbons (Fsp3) is 0.364. The number of imidazole rings is 1. The van der Waals surface area contributed by atoms with E-state index in [4.69, 9.17) is 10.7 Å². The molecule has 0 aliphatic carbocycles. The van der Waals surface area contributed by atoms with Crippen molar-refractivity contribution in [3.8, 4) is 5.75 Å². The Morgan fingerprint density at radius 2 is 1.84 bits per heavy atom. The molecular weight excluding hydrogens is 528 g/mol. The van der Waals surface area contributed by atoms with Gasteiger partial charge in [-0.05, 0) is 94.7 Å². The molecule has 1 saturated heterocycles. The second-order valence-corrected chi connectivity index (χ2v) is 9.90. The van der Waals surface area contributed by atoms with Crippen molar-refractivity contribution >= 4 is 48.9 Å². The highest BCUT2D eigenvalue weighted by Gasteiger charge is 2.43. The highest BCUT2D eigenvalue weighted by atomic mass is 79.9. The van der Waals surface area contributed by atoms with Crippen LogP contribution in [0.25, 0.3) is 11.0 Å². The van der Waals surface area contributed by atoms with Crippen LogP contribution in [0.15, 0.2) is 45.3 Å². The summed E-state index contributed by atoms with van der Waals surface area (Å²) in [5.41, 5.74) is 7.21. The molecule has 2 aromatic carbocycles. The second kappa shape index (κ2) is 8.54. The topological polar surface area (TPSA) is 105 Å². The minimum absolute atomic E-state index is 0.0236. The number of benzene rings is 2. The lowest BCUT2D eigenvalue weighted by atomic mass is 9.90. The van der Waals surface area contributed by atoms with Gasteiger partial charge < -0.3 is 25.4 Å². The molecule has 31 heavy (non-hydrogen) atoms. The standard InChI is InChI=1S/C22H24Br2N4O3/c1-27-8-6-14(7-9-27)28-18-5-3-2-4-17(18)26-20(28)22(25,21(30)31)12-13-10-15(23)19(29)16(24)11-13/h2-5,10-11,14,29H,6-9,12,25H2,1H3,(H,30,31)/t22-/m1/s1. The van der Waals surface area contributed by atoms with Gasteiger partial charge in [-0.1, -0.05) is 12.1 Å². The van der Waals surface area contributed by atoms with Gasteiger partial charge in [0.1, 0.15) is 11.6 Å². The number of aliphatic carboxylic acids is 1. The van der Waals surface area contributed by atoms with Crippen molar-refractivity contribution in [1.82, 2.24) is 14.5 Å². The predicted molar refractivity (Wildman–Crippen MR) is 126 cm³/mol. The summed E-state index contributed by atoms with van der Waals surface area (Å²) in [5, 5.41) is 20.3. The Labute approximate surface area is 197 Å². The first-order valence-electron chi connectivity index (χ1n) is 10.1. The van der Waals surface area contributed by atoms with Gasteiger partial charge in [0.2, 0.25) is 0 Å². The predicted octanol–water partition coefficient (Wildman–Crippen LogP) is 4.01. The molecule has 7 nitrogen and oxygen atoms in total. The molecule has 164 valence electrons. The molecule has 1 fully saturated rings. The Balaban J connectivity index is 1.85. The molecule has 0 unspecified atom stereocenters. The molecule has 0 radical (unpaired) electrons. The lowest BCUT2D eigenvalue weighted by Crippen LogP contribution is -2.49. The van der Waals surface area contributed by atoms with Crippen molar-refractivity contribution in [2.75, 3.05) is 20.1 Å². The number of carboxylic acids is 1. The van der Waals surface area contributed by atoms with Crippen molar-refractivity contribution < 1.29 is 15.0 Å². The zero-order valence-corrected chi connectivity index (χ0v) is 20.2. The molecule has 0 bridgehead atoms. The third-order valence-electron chi connectivity index (χ3n) is 5.99. The van der Waals surface area contributed by atoms with Crippen LogP contribution in [-0.2, 0) is 16.8 Å². The average Bonchev–Trinajstić information content (AvgIpc) is 3.12. The van der Waals surface area contributed by atoms with Crippen LogP contribution in [0.2, 0.25) is 0 Å². The number of aromatic hydroxyl groups is 1. The first-order valence-corrected chi connectivity index (χ1v) is 11.6. The maximum Gasteiger partial charge on any atom is 0.331 e. The Hall–Kier alpha value is -1.94. The summed E-state index contributed by atoms with van der Waals surface area (Å²) in [6.45, 7) is 1.86. The van der Waals surface area contributed by atoms with E-state index in [9.17, 15) is 15.0 Å². The van der Waals surface area contributed by atoms with Crippen LogP contribution < -0.4 is 5.73 Å². The van der Waals surface area contributed by atoms with E-state index in [1.807, 2.05) is 28.8 Å². The van der Waals surface area contributed by atoms with Gasteiger partial charge in [-0.3, -0.25) is 0 Å². The molecule has 4 N–H and O–H groups in total. The number of fused-ring (bicyclic) bond motifs is 1. The Morgan fingerprint density at radius 1 is 1.23 bits per heavy atom. The van der Waals surface area contributed by atoms with Crippen molar-refractivity contribution in [1.29, 1.82) is 0 Å². The van der Waals surface area contributed by atoms with Crippen molar-refractivity contribution in [3.05, 3.63) is 56.7 Å². The van der Waals surface area contributed by atoms with Gasteiger partial charge in [0, 0.05) is 12.5 Å². The van der Waals surface area contributed by atoms with Crippen molar-refractivity contribution in [2.24, 2.45) is 5.73 Å². The number of nitrogens with zero attached hydrogens (tertiary/aromatic N) is 3. The third kappa shape index (κ3) is 4.11. The minimum atomic E-state index is -1.74. The number of phenols is 1. The number of carbonyl (C=O) groups is 1. The quantitative estimate of drug-likeness (QED) is 0.442. The number of rotatable bonds is 5. The van der Waals surface area contributed by atoms with Gasteiger partial charge in [-0.25, -0.2) is 9.78 Å². The highest BCUT2D eigenvalue weighted by Crippen LogP contribution is 2.37. The Morgan fingerprint density at radius 3 is 2.45 bits per heavy atom. The van der Waals surface area contributed by atoms with E-state index in [1.165, 1.54) is 0 Å². The molecule has 1 aliphatic rings. The summed E-state index contributed by atoms with van der Waals surface area (Å²) in [7, 11) is 2.09. The molecule has 9 heteroatoms.